The fourth-order valence-corrected chi connectivity index (χ4v) is 2.49. The van der Waals surface area contributed by atoms with Crippen LogP contribution in [-0.4, -0.2) is 25.2 Å². The number of carbonyl (C=O) groups is 1. The van der Waals surface area contributed by atoms with Crippen molar-refractivity contribution in [2.75, 3.05) is 18.5 Å². The molecule has 0 radical (unpaired) electrons. The van der Waals surface area contributed by atoms with Crippen LogP contribution in [0.25, 0.3) is 0 Å². The molecule has 18 heavy (non-hydrogen) atoms. The van der Waals surface area contributed by atoms with Gasteiger partial charge in [0.2, 0.25) is 5.91 Å². The number of anilines is 1. The lowest BCUT2D eigenvalue weighted by molar-refractivity contribution is -0.117. The minimum atomic E-state index is -0.398. The van der Waals surface area contributed by atoms with E-state index in [0.717, 1.165) is 25.0 Å². The third-order valence-electron chi connectivity index (χ3n) is 3.42. The number of amides is 1. The smallest absolute Gasteiger partial charge is 0.246 e. The van der Waals surface area contributed by atoms with E-state index < -0.39 is 6.04 Å². The second kappa shape index (κ2) is 4.66. The first-order valence-electron chi connectivity index (χ1n) is 6.19. The molecule has 2 aliphatic heterocycles. The quantitative estimate of drug-likeness (QED) is 0.856. The zero-order valence-electron chi connectivity index (χ0n) is 9.91. The Morgan fingerprint density at radius 3 is 3.17 bits per heavy atom. The van der Waals surface area contributed by atoms with Crippen molar-refractivity contribution >= 4 is 11.6 Å². The van der Waals surface area contributed by atoms with Gasteiger partial charge in [0.1, 0.15) is 11.9 Å². The third kappa shape index (κ3) is 2.11. The lowest BCUT2D eigenvalue weighted by atomic mass is 10.1. The number of benzene rings is 1. The van der Waals surface area contributed by atoms with Gasteiger partial charge in [0.15, 0.2) is 0 Å². The monoisotopic (exact) mass is 250 g/mol. The van der Waals surface area contributed by atoms with Crippen LogP contribution in [0.5, 0.6) is 0 Å². The molecule has 96 valence electrons. The van der Waals surface area contributed by atoms with Gasteiger partial charge in [-0.15, -0.1) is 0 Å². The molecule has 0 bridgehead atoms. The fraction of sp³-hybridized carbons (Fsp3) is 0.462. The minimum Gasteiger partial charge on any atom is -0.377 e. The van der Waals surface area contributed by atoms with Crippen molar-refractivity contribution in [3.8, 4) is 0 Å². The number of halogens is 1. The molecule has 0 spiro atoms. The zero-order chi connectivity index (χ0) is 12.5. The number of ether oxygens (including phenoxy) is 1. The van der Waals surface area contributed by atoms with Crippen LogP contribution in [0.15, 0.2) is 18.2 Å². The number of rotatable bonds is 3. The van der Waals surface area contributed by atoms with E-state index >= 15 is 0 Å². The SMILES string of the molecule is O=C1Nc2cc(F)ccc2C1NCC1CCCO1. The topological polar surface area (TPSA) is 50.4 Å². The van der Waals surface area contributed by atoms with E-state index in [1.807, 2.05) is 0 Å². The summed E-state index contributed by atoms with van der Waals surface area (Å²) in [4.78, 5) is 11.8. The van der Waals surface area contributed by atoms with Gasteiger partial charge < -0.3 is 10.1 Å². The van der Waals surface area contributed by atoms with Crippen LogP contribution in [-0.2, 0) is 9.53 Å². The fourth-order valence-electron chi connectivity index (χ4n) is 2.49. The van der Waals surface area contributed by atoms with Crippen LogP contribution < -0.4 is 10.6 Å². The van der Waals surface area contributed by atoms with Gasteiger partial charge in [-0.05, 0) is 25.0 Å². The largest absolute Gasteiger partial charge is 0.377 e. The molecule has 0 aromatic heterocycles. The number of hydrogen-bond donors (Lipinski definition) is 2. The Morgan fingerprint density at radius 1 is 1.50 bits per heavy atom. The van der Waals surface area contributed by atoms with Crippen molar-refractivity contribution in [1.29, 1.82) is 0 Å². The Balaban J connectivity index is 1.71. The number of fused-ring (bicyclic) bond motifs is 1. The highest BCUT2D eigenvalue weighted by Crippen LogP contribution is 2.31. The van der Waals surface area contributed by atoms with Crippen LogP contribution in [0.2, 0.25) is 0 Å². The van der Waals surface area contributed by atoms with Gasteiger partial charge in [0, 0.05) is 24.4 Å². The maximum absolute atomic E-state index is 13.1. The van der Waals surface area contributed by atoms with Gasteiger partial charge in [-0.3, -0.25) is 10.1 Å². The van der Waals surface area contributed by atoms with Crippen molar-refractivity contribution in [3.63, 3.8) is 0 Å². The van der Waals surface area contributed by atoms with E-state index in [4.69, 9.17) is 4.74 Å². The molecule has 1 amide bonds. The van der Waals surface area contributed by atoms with Crippen molar-refractivity contribution in [1.82, 2.24) is 5.32 Å². The molecule has 1 aromatic rings. The number of carbonyl (C=O) groups excluding carboxylic acids is 1. The molecule has 1 aromatic carbocycles. The Kier molecular flexibility index (Phi) is 3.01. The Bertz CT molecular complexity index is 472. The Morgan fingerprint density at radius 2 is 2.39 bits per heavy atom. The summed E-state index contributed by atoms with van der Waals surface area (Å²) >= 11 is 0. The van der Waals surface area contributed by atoms with Crippen molar-refractivity contribution < 1.29 is 13.9 Å². The molecule has 1 saturated heterocycles. The van der Waals surface area contributed by atoms with E-state index in [1.165, 1.54) is 12.1 Å². The van der Waals surface area contributed by atoms with Crippen molar-refractivity contribution in [2.24, 2.45) is 0 Å². The molecule has 5 heteroatoms. The molecular weight excluding hydrogens is 235 g/mol. The first kappa shape index (κ1) is 11.6. The highest BCUT2D eigenvalue weighted by molar-refractivity contribution is 6.02. The predicted molar refractivity (Wildman–Crippen MR) is 64.7 cm³/mol. The summed E-state index contributed by atoms with van der Waals surface area (Å²) in [5.41, 5.74) is 1.37. The highest BCUT2D eigenvalue weighted by atomic mass is 19.1. The molecule has 2 atom stereocenters. The highest BCUT2D eigenvalue weighted by Gasteiger charge is 2.31. The van der Waals surface area contributed by atoms with Crippen LogP contribution >= 0.6 is 0 Å². The van der Waals surface area contributed by atoms with Gasteiger partial charge in [0.25, 0.3) is 0 Å². The minimum absolute atomic E-state index is 0.131. The zero-order valence-corrected chi connectivity index (χ0v) is 9.91. The first-order chi connectivity index (χ1) is 8.74. The van der Waals surface area contributed by atoms with E-state index in [-0.39, 0.29) is 17.8 Å². The average molecular weight is 250 g/mol. The van der Waals surface area contributed by atoms with E-state index in [9.17, 15) is 9.18 Å². The van der Waals surface area contributed by atoms with Crippen molar-refractivity contribution in [2.45, 2.75) is 25.0 Å². The predicted octanol–water partition coefficient (Wildman–Crippen LogP) is 1.59. The van der Waals surface area contributed by atoms with Crippen LogP contribution in [0.4, 0.5) is 10.1 Å². The summed E-state index contributed by atoms with van der Waals surface area (Å²) in [6.45, 7) is 1.44. The summed E-state index contributed by atoms with van der Waals surface area (Å²) in [6.07, 6.45) is 2.28. The molecule has 3 rings (SSSR count). The summed E-state index contributed by atoms with van der Waals surface area (Å²) in [6, 6.07) is 3.97. The molecular formula is C13H15FN2O2. The van der Waals surface area contributed by atoms with Crippen LogP contribution in [0.3, 0.4) is 0 Å². The summed E-state index contributed by atoms with van der Waals surface area (Å²) in [5.74, 6) is -0.470. The Labute approximate surface area is 105 Å². The second-order valence-corrected chi connectivity index (χ2v) is 4.70. The van der Waals surface area contributed by atoms with E-state index in [0.29, 0.717) is 12.2 Å². The average Bonchev–Trinajstić information content (AvgIpc) is 2.93. The summed E-state index contributed by atoms with van der Waals surface area (Å²) in [7, 11) is 0. The number of hydrogen-bond acceptors (Lipinski definition) is 3. The van der Waals surface area contributed by atoms with Crippen LogP contribution in [0.1, 0.15) is 24.4 Å². The van der Waals surface area contributed by atoms with Gasteiger partial charge in [-0.2, -0.15) is 0 Å². The van der Waals surface area contributed by atoms with E-state index in [1.54, 1.807) is 6.07 Å². The normalized spacial score (nSPS) is 26.2. The van der Waals surface area contributed by atoms with Crippen LogP contribution in [0, 0.1) is 5.82 Å². The standard InChI is InChI=1S/C13H15FN2O2/c14-8-3-4-10-11(6-8)16-13(17)12(10)15-7-9-2-1-5-18-9/h3-4,6,9,12,15H,1-2,5,7H2,(H,16,17). The Hall–Kier alpha value is -1.46. The maximum Gasteiger partial charge on any atom is 0.246 e. The molecule has 2 N–H and O–H groups in total. The van der Waals surface area contributed by atoms with Gasteiger partial charge in [-0.25, -0.2) is 4.39 Å². The lowest BCUT2D eigenvalue weighted by Gasteiger charge is -2.15. The molecule has 2 aliphatic rings. The van der Waals surface area contributed by atoms with Gasteiger partial charge in [0.05, 0.1) is 6.10 Å². The van der Waals surface area contributed by atoms with E-state index in [2.05, 4.69) is 10.6 Å². The number of nitrogens with one attached hydrogen (secondary N) is 2. The molecule has 2 unspecified atom stereocenters. The molecule has 1 fully saturated rings. The van der Waals surface area contributed by atoms with Gasteiger partial charge >= 0.3 is 0 Å². The molecule has 2 heterocycles. The first-order valence-corrected chi connectivity index (χ1v) is 6.19. The summed E-state index contributed by atoms with van der Waals surface area (Å²) in [5, 5.41) is 5.87. The lowest BCUT2D eigenvalue weighted by Crippen LogP contribution is -2.33. The molecule has 0 saturated carbocycles. The van der Waals surface area contributed by atoms with Gasteiger partial charge in [-0.1, -0.05) is 6.07 Å². The molecule has 4 nitrogen and oxygen atoms in total. The molecule has 0 aliphatic carbocycles. The summed E-state index contributed by atoms with van der Waals surface area (Å²) < 4.78 is 18.6. The maximum atomic E-state index is 13.1. The second-order valence-electron chi connectivity index (χ2n) is 4.70. The third-order valence-corrected chi connectivity index (χ3v) is 3.42. The van der Waals surface area contributed by atoms with Crippen molar-refractivity contribution in [3.05, 3.63) is 29.6 Å².